The number of ether oxygens (including phenoxy) is 2. The van der Waals surface area contributed by atoms with Crippen LogP contribution in [0.5, 0.6) is 23.5 Å². The number of rotatable bonds is 7. The smallest absolute Gasteiger partial charge is 0.327 e. The Balaban J connectivity index is 1.66. The lowest BCUT2D eigenvalue weighted by Crippen LogP contribution is -2.26. The number of carbonyl (C=O) groups is 1. The first-order valence-corrected chi connectivity index (χ1v) is 11.3. The van der Waals surface area contributed by atoms with E-state index in [2.05, 4.69) is 35.2 Å². The van der Waals surface area contributed by atoms with Crippen LogP contribution in [0.3, 0.4) is 0 Å². The molecule has 1 amide bonds. The third-order valence-corrected chi connectivity index (χ3v) is 5.00. The summed E-state index contributed by atoms with van der Waals surface area (Å²) in [5, 5.41) is 2.23. The van der Waals surface area contributed by atoms with Crippen molar-refractivity contribution in [3.8, 4) is 23.5 Å². The minimum atomic E-state index is -0.407. The molecule has 14 heteroatoms. The minimum absolute atomic E-state index is 0.129. The number of amides is 1. The van der Waals surface area contributed by atoms with Gasteiger partial charge in [-0.1, -0.05) is 30.3 Å². The van der Waals surface area contributed by atoms with Gasteiger partial charge in [-0.05, 0) is 71.0 Å². The lowest BCUT2D eigenvalue weighted by molar-refractivity contribution is 0.0939. The molecular weight excluding hydrogens is 540 g/mol. The van der Waals surface area contributed by atoms with Crippen molar-refractivity contribution in [3.05, 3.63) is 80.8 Å². The summed E-state index contributed by atoms with van der Waals surface area (Å²) in [7, 11) is 0. The van der Waals surface area contributed by atoms with Crippen molar-refractivity contribution >= 4 is 52.3 Å². The molecule has 0 aliphatic heterocycles. The van der Waals surface area contributed by atoms with Gasteiger partial charge in [-0.25, -0.2) is 0 Å². The van der Waals surface area contributed by atoms with E-state index < -0.39 is 5.91 Å². The second-order valence-electron chi connectivity index (χ2n) is 6.82. The molecule has 0 fully saturated rings. The highest BCUT2D eigenvalue weighted by Crippen LogP contribution is 2.30. The van der Waals surface area contributed by atoms with Crippen LogP contribution in [0.1, 0.15) is 28.9 Å². The molecule has 0 bridgehead atoms. The van der Waals surface area contributed by atoms with Gasteiger partial charge in [-0.2, -0.15) is 29.9 Å². The lowest BCUT2D eigenvalue weighted by Gasteiger charge is -2.15. The van der Waals surface area contributed by atoms with Crippen molar-refractivity contribution in [1.82, 2.24) is 35.2 Å². The van der Waals surface area contributed by atoms with Gasteiger partial charge in [0.2, 0.25) is 21.1 Å². The fraction of sp³-hybridized carbons (Fsp3) is 0.0952. The zero-order chi connectivity index (χ0) is 24.9. The number of hydrogen-bond acceptors (Lipinski definition) is 9. The Morgan fingerprint density at radius 3 is 1.66 bits per heavy atom. The molecule has 10 nitrogen and oxygen atoms in total. The van der Waals surface area contributed by atoms with E-state index in [-0.39, 0.29) is 56.3 Å². The Morgan fingerprint density at radius 1 is 0.743 bits per heavy atom. The van der Waals surface area contributed by atoms with Gasteiger partial charge in [-0.15, -0.1) is 0 Å². The molecule has 0 aliphatic rings. The van der Waals surface area contributed by atoms with Gasteiger partial charge >= 0.3 is 12.0 Å². The summed E-state index contributed by atoms with van der Waals surface area (Å²) < 4.78 is 11.3. The number of hydrogen-bond donors (Lipinski definition) is 1. The first kappa shape index (κ1) is 24.8. The van der Waals surface area contributed by atoms with Crippen LogP contribution in [-0.4, -0.2) is 35.8 Å². The molecule has 0 aliphatic carbocycles. The number of benzene rings is 2. The quantitative estimate of drug-likeness (QED) is 0.305. The molecule has 2 aromatic heterocycles. The molecule has 2 aromatic carbocycles. The maximum Gasteiger partial charge on any atom is 0.327 e. The van der Waals surface area contributed by atoms with Gasteiger partial charge in [0.25, 0.3) is 5.91 Å². The Morgan fingerprint density at radius 2 is 1.20 bits per heavy atom. The average Bonchev–Trinajstić information content (AvgIpc) is 2.78. The van der Waals surface area contributed by atoms with E-state index in [1.54, 1.807) is 0 Å². The van der Waals surface area contributed by atoms with Crippen LogP contribution in [0.25, 0.3) is 0 Å². The number of carbonyl (C=O) groups excluding carboxylic acids is 1. The number of aromatic nitrogens is 6. The second kappa shape index (κ2) is 11.0. The van der Waals surface area contributed by atoms with Crippen molar-refractivity contribution in [2.75, 3.05) is 0 Å². The maximum absolute atomic E-state index is 13.1. The van der Waals surface area contributed by atoms with Crippen LogP contribution in [0, 0.1) is 0 Å². The molecule has 4 rings (SSSR count). The molecule has 2 heterocycles. The Labute approximate surface area is 218 Å². The summed E-state index contributed by atoms with van der Waals surface area (Å²) in [6.45, 7) is 1.86. The third-order valence-electron chi connectivity index (χ3n) is 4.33. The van der Waals surface area contributed by atoms with Gasteiger partial charge in [0.1, 0.15) is 11.5 Å². The fourth-order valence-corrected chi connectivity index (χ4v) is 3.54. The van der Waals surface area contributed by atoms with Gasteiger partial charge in [0.05, 0.1) is 6.04 Å². The summed E-state index contributed by atoms with van der Waals surface area (Å²) >= 11 is 23.3. The Kier molecular flexibility index (Phi) is 7.76. The first-order chi connectivity index (χ1) is 16.7. The summed E-state index contributed by atoms with van der Waals surface area (Å²) in [4.78, 5) is 35.8. The van der Waals surface area contributed by atoms with Gasteiger partial charge in [0, 0.05) is 11.6 Å². The SMILES string of the molecule is C[C@@H](NC(=O)c1cc(Oc2nc(Cl)nc(Cl)n2)cc(Oc2nc(Cl)nc(Cl)n2)c1)c1ccccc1. The molecule has 1 N–H and O–H groups in total. The highest BCUT2D eigenvalue weighted by Gasteiger charge is 2.17. The number of nitrogens with one attached hydrogen (secondary N) is 1. The molecule has 0 spiro atoms. The molecule has 35 heavy (non-hydrogen) atoms. The van der Waals surface area contributed by atoms with E-state index in [0.717, 1.165) is 5.56 Å². The van der Waals surface area contributed by atoms with Crippen molar-refractivity contribution in [1.29, 1.82) is 0 Å². The predicted octanol–water partition coefficient (Wildman–Crippen LogP) is 5.75. The van der Waals surface area contributed by atoms with Crippen LogP contribution in [0.15, 0.2) is 48.5 Å². The van der Waals surface area contributed by atoms with E-state index in [0.29, 0.717) is 0 Å². The lowest BCUT2D eigenvalue weighted by atomic mass is 10.1. The molecule has 0 saturated carbocycles. The summed E-state index contributed by atoms with van der Waals surface area (Å²) in [5.41, 5.74) is 1.12. The molecule has 0 radical (unpaired) electrons. The standard InChI is InChI=1S/C21H13Cl4N7O3/c1-10(11-5-3-2-4-6-11)26-15(33)12-7-13(34-20-29-16(22)27-17(23)30-20)9-14(8-12)35-21-31-18(24)28-19(25)32-21/h2-10H,1H3,(H,26,33)/t10-/m1/s1. The predicted molar refractivity (Wildman–Crippen MR) is 129 cm³/mol. The highest BCUT2D eigenvalue weighted by atomic mass is 35.5. The van der Waals surface area contributed by atoms with E-state index in [1.807, 2.05) is 37.3 Å². The van der Waals surface area contributed by atoms with E-state index >= 15 is 0 Å². The zero-order valence-electron chi connectivity index (χ0n) is 17.6. The maximum atomic E-state index is 13.1. The number of halogens is 4. The van der Waals surface area contributed by atoms with E-state index in [4.69, 9.17) is 55.9 Å². The van der Waals surface area contributed by atoms with Crippen LogP contribution >= 0.6 is 46.4 Å². The minimum Gasteiger partial charge on any atom is -0.424 e. The molecular formula is C21H13Cl4N7O3. The molecule has 0 saturated heterocycles. The average molecular weight is 553 g/mol. The molecule has 178 valence electrons. The molecule has 4 aromatic rings. The number of nitrogens with zero attached hydrogens (tertiary/aromatic N) is 6. The van der Waals surface area contributed by atoms with Crippen molar-refractivity contribution < 1.29 is 14.3 Å². The summed E-state index contributed by atoms with van der Waals surface area (Å²) in [5.74, 6) is -0.149. The molecule has 0 unspecified atom stereocenters. The Hall–Kier alpha value is -3.31. The summed E-state index contributed by atoms with van der Waals surface area (Å²) in [6.07, 6.45) is 0. The normalized spacial score (nSPS) is 11.6. The van der Waals surface area contributed by atoms with Gasteiger partial charge in [-0.3, -0.25) is 4.79 Å². The fourth-order valence-electron chi connectivity index (χ4n) is 2.85. The van der Waals surface area contributed by atoms with E-state index in [9.17, 15) is 4.79 Å². The first-order valence-electron chi connectivity index (χ1n) is 9.76. The second-order valence-corrected chi connectivity index (χ2v) is 8.17. The highest BCUT2D eigenvalue weighted by molar-refractivity contribution is 6.31. The van der Waals surface area contributed by atoms with Crippen molar-refractivity contribution in [3.63, 3.8) is 0 Å². The van der Waals surface area contributed by atoms with Gasteiger partial charge < -0.3 is 14.8 Å². The largest absolute Gasteiger partial charge is 0.424 e. The van der Waals surface area contributed by atoms with Crippen LogP contribution in [-0.2, 0) is 0 Å². The monoisotopic (exact) mass is 551 g/mol. The zero-order valence-corrected chi connectivity index (χ0v) is 20.6. The molecule has 1 atom stereocenters. The van der Waals surface area contributed by atoms with Crippen LogP contribution in [0.4, 0.5) is 0 Å². The summed E-state index contributed by atoms with van der Waals surface area (Å²) in [6, 6.07) is 13.2. The Bertz CT molecular complexity index is 1270. The third kappa shape index (κ3) is 6.86. The van der Waals surface area contributed by atoms with Crippen molar-refractivity contribution in [2.45, 2.75) is 13.0 Å². The van der Waals surface area contributed by atoms with Crippen molar-refractivity contribution in [2.24, 2.45) is 0 Å². The van der Waals surface area contributed by atoms with Gasteiger partial charge in [0.15, 0.2) is 0 Å². The van der Waals surface area contributed by atoms with E-state index in [1.165, 1.54) is 18.2 Å². The van der Waals surface area contributed by atoms with Crippen LogP contribution < -0.4 is 14.8 Å². The van der Waals surface area contributed by atoms with Crippen LogP contribution in [0.2, 0.25) is 21.1 Å². The topological polar surface area (TPSA) is 125 Å².